The standard InChI is InChI=1S/C21H19BrN4O3/c1-29-17-5-3-2-4-13(17)11-23-18(27)8-9-26-12-24-19-15-10-14(22)6-7-16(15)25-20(19)21(26)28/h2-7,10,12,25H,8-9,11H2,1H3,(H,23,27). The number of para-hydroxylation sites is 1. The van der Waals surface area contributed by atoms with Gasteiger partial charge in [-0.05, 0) is 24.3 Å². The average Bonchev–Trinajstić information content (AvgIpc) is 3.10. The summed E-state index contributed by atoms with van der Waals surface area (Å²) in [6.07, 6.45) is 1.67. The van der Waals surface area contributed by atoms with Gasteiger partial charge in [-0.1, -0.05) is 34.1 Å². The van der Waals surface area contributed by atoms with E-state index >= 15 is 0 Å². The van der Waals surface area contributed by atoms with Gasteiger partial charge in [-0.15, -0.1) is 0 Å². The smallest absolute Gasteiger partial charge is 0.277 e. The molecule has 0 saturated heterocycles. The third kappa shape index (κ3) is 3.88. The number of H-pyrrole nitrogens is 1. The fraction of sp³-hybridized carbons (Fsp3) is 0.190. The molecule has 0 aliphatic carbocycles. The maximum absolute atomic E-state index is 12.8. The Balaban J connectivity index is 1.47. The van der Waals surface area contributed by atoms with Gasteiger partial charge in [-0.3, -0.25) is 14.2 Å². The molecule has 148 valence electrons. The van der Waals surface area contributed by atoms with Crippen molar-refractivity contribution in [3.05, 3.63) is 69.2 Å². The average molecular weight is 455 g/mol. The molecular weight excluding hydrogens is 436 g/mol. The number of fused-ring (bicyclic) bond motifs is 3. The lowest BCUT2D eigenvalue weighted by Gasteiger charge is -2.10. The van der Waals surface area contributed by atoms with E-state index in [4.69, 9.17) is 4.74 Å². The summed E-state index contributed by atoms with van der Waals surface area (Å²) in [4.78, 5) is 32.6. The van der Waals surface area contributed by atoms with E-state index in [0.29, 0.717) is 17.6 Å². The monoisotopic (exact) mass is 454 g/mol. The van der Waals surface area contributed by atoms with Gasteiger partial charge in [0, 0.05) is 40.4 Å². The summed E-state index contributed by atoms with van der Waals surface area (Å²) in [7, 11) is 1.60. The Morgan fingerprint density at radius 1 is 1.28 bits per heavy atom. The first-order valence-corrected chi connectivity index (χ1v) is 9.91. The van der Waals surface area contributed by atoms with Crippen molar-refractivity contribution < 1.29 is 9.53 Å². The number of aromatic amines is 1. The largest absolute Gasteiger partial charge is 0.496 e. The summed E-state index contributed by atoms with van der Waals surface area (Å²) in [5, 5.41) is 3.74. The minimum absolute atomic E-state index is 0.150. The number of carbonyl (C=O) groups is 1. The highest BCUT2D eigenvalue weighted by atomic mass is 79.9. The molecule has 0 radical (unpaired) electrons. The molecule has 7 nitrogen and oxygen atoms in total. The molecule has 2 aromatic heterocycles. The van der Waals surface area contributed by atoms with Gasteiger partial charge in [0.2, 0.25) is 5.91 Å². The van der Waals surface area contributed by atoms with E-state index in [1.54, 1.807) is 7.11 Å². The van der Waals surface area contributed by atoms with Crippen LogP contribution in [0.5, 0.6) is 5.75 Å². The summed E-state index contributed by atoms with van der Waals surface area (Å²) >= 11 is 3.44. The molecule has 4 aromatic rings. The van der Waals surface area contributed by atoms with Crippen LogP contribution in [-0.2, 0) is 17.9 Å². The number of hydrogen-bond acceptors (Lipinski definition) is 4. The van der Waals surface area contributed by atoms with Gasteiger partial charge in [0.15, 0.2) is 0 Å². The van der Waals surface area contributed by atoms with Crippen molar-refractivity contribution in [1.82, 2.24) is 19.9 Å². The number of aryl methyl sites for hydroxylation is 1. The third-order valence-corrected chi connectivity index (χ3v) is 5.28. The molecule has 1 amide bonds. The molecule has 0 saturated carbocycles. The zero-order valence-electron chi connectivity index (χ0n) is 15.7. The number of halogens is 1. The molecule has 0 fully saturated rings. The van der Waals surface area contributed by atoms with Gasteiger partial charge < -0.3 is 15.0 Å². The number of nitrogens with zero attached hydrogens (tertiary/aromatic N) is 2. The summed E-state index contributed by atoms with van der Waals surface area (Å²) in [5.41, 5.74) is 2.62. The summed E-state index contributed by atoms with van der Waals surface area (Å²) in [6.45, 7) is 0.616. The molecule has 2 N–H and O–H groups in total. The fourth-order valence-corrected chi connectivity index (χ4v) is 3.64. The minimum atomic E-state index is -0.195. The van der Waals surface area contributed by atoms with Crippen LogP contribution >= 0.6 is 15.9 Å². The summed E-state index contributed by atoms with van der Waals surface area (Å²) in [5.74, 6) is 0.576. The maximum Gasteiger partial charge on any atom is 0.277 e. The number of benzene rings is 2. The predicted molar refractivity (Wildman–Crippen MR) is 115 cm³/mol. The zero-order chi connectivity index (χ0) is 20.4. The highest BCUT2D eigenvalue weighted by Gasteiger charge is 2.12. The molecule has 8 heteroatoms. The number of carbonyl (C=O) groups excluding carboxylic acids is 1. The number of ether oxygens (including phenoxy) is 1. The number of nitrogens with one attached hydrogen (secondary N) is 2. The zero-order valence-corrected chi connectivity index (χ0v) is 17.3. The lowest BCUT2D eigenvalue weighted by Crippen LogP contribution is -2.27. The van der Waals surface area contributed by atoms with Crippen molar-refractivity contribution >= 4 is 43.8 Å². The van der Waals surface area contributed by atoms with Crippen LogP contribution < -0.4 is 15.6 Å². The molecule has 0 aliphatic rings. The first kappa shape index (κ1) is 19.2. The molecule has 0 bridgehead atoms. The Kier molecular flexibility index (Phi) is 5.35. The van der Waals surface area contributed by atoms with Crippen LogP contribution in [0.1, 0.15) is 12.0 Å². The number of hydrogen-bond donors (Lipinski definition) is 2. The van der Waals surface area contributed by atoms with E-state index in [1.165, 1.54) is 10.9 Å². The molecule has 0 atom stereocenters. The van der Waals surface area contributed by atoms with Crippen LogP contribution in [0, 0.1) is 0 Å². The van der Waals surface area contributed by atoms with E-state index < -0.39 is 0 Å². The molecule has 0 aliphatic heterocycles. The van der Waals surface area contributed by atoms with Crippen LogP contribution in [0.25, 0.3) is 21.9 Å². The highest BCUT2D eigenvalue weighted by Crippen LogP contribution is 2.24. The van der Waals surface area contributed by atoms with Gasteiger partial charge in [-0.25, -0.2) is 4.98 Å². The Hall–Kier alpha value is -3.13. The third-order valence-electron chi connectivity index (χ3n) is 4.78. The molecule has 29 heavy (non-hydrogen) atoms. The Morgan fingerprint density at radius 2 is 2.10 bits per heavy atom. The van der Waals surface area contributed by atoms with Crippen LogP contribution in [0.3, 0.4) is 0 Å². The Labute approximate surface area is 174 Å². The number of amides is 1. The Bertz CT molecular complexity index is 1260. The second kappa shape index (κ2) is 8.08. The van der Waals surface area contributed by atoms with Gasteiger partial charge in [-0.2, -0.15) is 0 Å². The number of methoxy groups -OCH3 is 1. The van der Waals surface area contributed by atoms with Crippen molar-refractivity contribution in [2.45, 2.75) is 19.5 Å². The van der Waals surface area contributed by atoms with Crippen LogP contribution in [0.4, 0.5) is 0 Å². The first-order valence-electron chi connectivity index (χ1n) is 9.12. The summed E-state index contributed by atoms with van der Waals surface area (Å²) in [6, 6.07) is 13.2. The van der Waals surface area contributed by atoms with E-state index in [2.05, 4.69) is 31.2 Å². The van der Waals surface area contributed by atoms with Gasteiger partial charge in [0.1, 0.15) is 16.8 Å². The topological polar surface area (TPSA) is 89.0 Å². The molecule has 4 rings (SSSR count). The van der Waals surface area contributed by atoms with Crippen molar-refractivity contribution in [2.24, 2.45) is 0 Å². The molecule has 2 heterocycles. The van der Waals surface area contributed by atoms with E-state index in [9.17, 15) is 9.59 Å². The lowest BCUT2D eigenvalue weighted by atomic mass is 10.2. The van der Waals surface area contributed by atoms with Crippen molar-refractivity contribution in [3.8, 4) is 5.75 Å². The highest BCUT2D eigenvalue weighted by molar-refractivity contribution is 9.10. The minimum Gasteiger partial charge on any atom is -0.496 e. The second-order valence-corrected chi connectivity index (χ2v) is 7.54. The quantitative estimate of drug-likeness (QED) is 0.467. The maximum atomic E-state index is 12.8. The normalized spacial score (nSPS) is 11.1. The van der Waals surface area contributed by atoms with Crippen molar-refractivity contribution in [2.75, 3.05) is 7.11 Å². The SMILES string of the molecule is COc1ccccc1CNC(=O)CCn1cnc2c([nH]c3ccc(Br)cc32)c1=O. The van der Waals surface area contributed by atoms with Crippen molar-refractivity contribution in [3.63, 3.8) is 0 Å². The van der Waals surface area contributed by atoms with E-state index in [0.717, 1.165) is 26.7 Å². The number of aromatic nitrogens is 3. The first-order chi connectivity index (χ1) is 14.1. The van der Waals surface area contributed by atoms with Gasteiger partial charge in [0.05, 0.1) is 13.4 Å². The molecule has 2 aromatic carbocycles. The molecular formula is C21H19BrN4O3. The molecule has 0 unspecified atom stereocenters. The Morgan fingerprint density at radius 3 is 2.93 bits per heavy atom. The van der Waals surface area contributed by atoms with Gasteiger partial charge >= 0.3 is 0 Å². The predicted octanol–water partition coefficient (Wildman–Crippen LogP) is 3.36. The number of rotatable bonds is 6. The summed E-state index contributed by atoms with van der Waals surface area (Å²) < 4.78 is 7.66. The molecule has 0 spiro atoms. The fourth-order valence-electron chi connectivity index (χ4n) is 3.27. The van der Waals surface area contributed by atoms with E-state index in [1.807, 2.05) is 42.5 Å². The van der Waals surface area contributed by atoms with E-state index in [-0.39, 0.29) is 24.4 Å². The van der Waals surface area contributed by atoms with Crippen LogP contribution in [0.15, 0.2) is 58.1 Å². The van der Waals surface area contributed by atoms with Crippen LogP contribution in [0.2, 0.25) is 0 Å². The van der Waals surface area contributed by atoms with Crippen molar-refractivity contribution in [1.29, 1.82) is 0 Å². The van der Waals surface area contributed by atoms with Crippen LogP contribution in [-0.4, -0.2) is 27.6 Å². The lowest BCUT2D eigenvalue weighted by molar-refractivity contribution is -0.121. The van der Waals surface area contributed by atoms with Gasteiger partial charge in [0.25, 0.3) is 5.56 Å². The second-order valence-electron chi connectivity index (χ2n) is 6.62.